The molecular weight excluding hydrogens is 184 g/mol. The van der Waals surface area contributed by atoms with Crippen LogP contribution in [0.25, 0.3) is 0 Å². The number of hydrogen-bond donors (Lipinski definition) is 0. The van der Waals surface area contributed by atoms with Gasteiger partial charge in [-0.25, -0.2) is 4.98 Å². The van der Waals surface area contributed by atoms with Gasteiger partial charge in [-0.1, -0.05) is 0 Å². The molecule has 0 aromatic carbocycles. The van der Waals surface area contributed by atoms with E-state index < -0.39 is 0 Å². The van der Waals surface area contributed by atoms with Crippen molar-refractivity contribution >= 4 is 17.6 Å². The second-order valence-corrected chi connectivity index (χ2v) is 4.34. The molecule has 13 heavy (non-hydrogen) atoms. The van der Waals surface area contributed by atoms with Crippen LogP contribution >= 0.6 is 11.3 Å². The maximum atomic E-state index is 10.2. The summed E-state index contributed by atoms with van der Waals surface area (Å²) in [6, 6.07) is 0. The van der Waals surface area contributed by atoms with Crippen LogP contribution < -0.4 is 0 Å². The summed E-state index contributed by atoms with van der Waals surface area (Å²) in [7, 11) is 4.08. The molecule has 0 amide bonds. The van der Waals surface area contributed by atoms with Crippen molar-refractivity contribution in [1.82, 2.24) is 9.88 Å². The third-order valence-corrected chi connectivity index (χ3v) is 2.74. The molecule has 0 aliphatic heterocycles. The molecule has 0 saturated heterocycles. The summed E-state index contributed by atoms with van der Waals surface area (Å²) in [5, 5.41) is 1.12. The lowest BCUT2D eigenvalue weighted by Gasteiger charge is -2.06. The van der Waals surface area contributed by atoms with Crippen LogP contribution in [0.2, 0.25) is 0 Å². The van der Waals surface area contributed by atoms with Gasteiger partial charge in [0.15, 0.2) is 0 Å². The molecule has 3 nitrogen and oxygen atoms in total. The molecule has 0 radical (unpaired) electrons. The highest BCUT2D eigenvalue weighted by Crippen LogP contribution is 2.13. The Morgan fingerprint density at radius 1 is 1.62 bits per heavy atom. The van der Waals surface area contributed by atoms with Crippen LogP contribution in [0.3, 0.4) is 0 Å². The Morgan fingerprint density at radius 3 is 3.00 bits per heavy atom. The molecule has 0 aliphatic carbocycles. The number of hydrogen-bond acceptors (Lipinski definition) is 4. The predicted octanol–water partition coefficient (Wildman–Crippen LogP) is 0.989. The van der Waals surface area contributed by atoms with Gasteiger partial charge < -0.3 is 9.69 Å². The van der Waals surface area contributed by atoms with Crippen molar-refractivity contribution in [3.05, 3.63) is 16.1 Å². The third kappa shape index (κ3) is 3.65. The number of aromatic nitrogens is 1. The fourth-order valence-corrected chi connectivity index (χ4v) is 1.82. The van der Waals surface area contributed by atoms with Crippen LogP contribution in [0.1, 0.15) is 9.88 Å². The van der Waals surface area contributed by atoms with E-state index in [2.05, 4.69) is 9.88 Å². The van der Waals surface area contributed by atoms with Crippen LogP contribution in [0.5, 0.6) is 0 Å². The summed E-state index contributed by atoms with van der Waals surface area (Å²) in [6.45, 7) is 1.01. The van der Waals surface area contributed by atoms with E-state index in [0.717, 1.165) is 29.1 Å². The molecule has 0 atom stereocenters. The standard InChI is InChI=1S/C9H14N2OS/c1-11(2)5-3-9-10-7-8(13-9)4-6-12/h6-7H,3-5H2,1-2H3. The largest absolute Gasteiger partial charge is 0.309 e. The normalized spacial score (nSPS) is 10.7. The van der Waals surface area contributed by atoms with Gasteiger partial charge in [-0.15, -0.1) is 11.3 Å². The van der Waals surface area contributed by atoms with Crippen LogP contribution in [0, 0.1) is 0 Å². The van der Waals surface area contributed by atoms with E-state index in [0.29, 0.717) is 6.42 Å². The zero-order valence-electron chi connectivity index (χ0n) is 7.99. The van der Waals surface area contributed by atoms with Gasteiger partial charge >= 0.3 is 0 Å². The number of carbonyl (C=O) groups is 1. The maximum Gasteiger partial charge on any atom is 0.125 e. The number of likely N-dealkylation sites (N-methyl/N-ethyl adjacent to an activating group) is 1. The van der Waals surface area contributed by atoms with Gasteiger partial charge in [0.05, 0.1) is 5.01 Å². The molecule has 0 aliphatic rings. The van der Waals surface area contributed by atoms with Gasteiger partial charge in [0.2, 0.25) is 0 Å². The Labute approximate surface area is 82.4 Å². The molecule has 0 bridgehead atoms. The van der Waals surface area contributed by atoms with Crippen LogP contribution in [-0.2, 0) is 17.6 Å². The Bertz CT molecular complexity index is 270. The molecule has 1 heterocycles. The maximum absolute atomic E-state index is 10.2. The van der Waals surface area contributed by atoms with Crippen LogP contribution in [-0.4, -0.2) is 36.8 Å². The minimum Gasteiger partial charge on any atom is -0.309 e. The van der Waals surface area contributed by atoms with Crippen LogP contribution in [0.15, 0.2) is 6.20 Å². The smallest absolute Gasteiger partial charge is 0.125 e. The first kappa shape index (κ1) is 10.3. The average Bonchev–Trinajstić information content (AvgIpc) is 2.50. The van der Waals surface area contributed by atoms with E-state index in [1.165, 1.54) is 0 Å². The Morgan fingerprint density at radius 2 is 2.38 bits per heavy atom. The first-order valence-corrected chi connectivity index (χ1v) is 5.06. The predicted molar refractivity (Wildman–Crippen MR) is 54.1 cm³/mol. The van der Waals surface area contributed by atoms with Crippen molar-refractivity contribution in [2.45, 2.75) is 12.8 Å². The molecule has 1 rings (SSSR count). The highest BCUT2D eigenvalue weighted by molar-refractivity contribution is 7.11. The number of aldehydes is 1. The fourth-order valence-electron chi connectivity index (χ4n) is 0.959. The van der Waals surface area contributed by atoms with E-state index >= 15 is 0 Å². The number of rotatable bonds is 5. The molecule has 0 spiro atoms. The Kier molecular flexibility index (Phi) is 4.05. The summed E-state index contributed by atoms with van der Waals surface area (Å²) < 4.78 is 0. The first-order chi connectivity index (χ1) is 6.22. The summed E-state index contributed by atoms with van der Waals surface area (Å²) in [6.07, 6.45) is 4.18. The molecule has 0 fully saturated rings. The lowest BCUT2D eigenvalue weighted by atomic mass is 10.4. The molecular formula is C9H14N2OS. The van der Waals surface area contributed by atoms with Gasteiger partial charge in [0, 0.05) is 30.5 Å². The topological polar surface area (TPSA) is 33.2 Å². The van der Waals surface area contributed by atoms with Crippen molar-refractivity contribution in [2.24, 2.45) is 0 Å². The van der Waals surface area contributed by atoms with E-state index in [9.17, 15) is 4.79 Å². The lowest BCUT2D eigenvalue weighted by Crippen LogP contribution is -2.14. The summed E-state index contributed by atoms with van der Waals surface area (Å²) in [5.41, 5.74) is 0. The molecule has 0 unspecified atom stereocenters. The number of thiazole rings is 1. The quantitative estimate of drug-likeness (QED) is 0.661. The summed E-state index contributed by atoms with van der Waals surface area (Å²) >= 11 is 1.63. The van der Waals surface area contributed by atoms with Crippen molar-refractivity contribution in [1.29, 1.82) is 0 Å². The van der Waals surface area contributed by atoms with Crippen molar-refractivity contribution in [3.63, 3.8) is 0 Å². The highest BCUT2D eigenvalue weighted by atomic mass is 32.1. The molecule has 0 saturated carbocycles. The van der Waals surface area contributed by atoms with Crippen molar-refractivity contribution < 1.29 is 4.79 Å². The van der Waals surface area contributed by atoms with Gasteiger partial charge in [-0.05, 0) is 14.1 Å². The second kappa shape index (κ2) is 5.09. The molecule has 0 N–H and O–H groups in total. The Hall–Kier alpha value is -0.740. The van der Waals surface area contributed by atoms with E-state index in [-0.39, 0.29) is 0 Å². The molecule has 1 aromatic rings. The second-order valence-electron chi connectivity index (χ2n) is 3.14. The zero-order valence-corrected chi connectivity index (χ0v) is 8.80. The van der Waals surface area contributed by atoms with Gasteiger partial charge in [0.1, 0.15) is 6.29 Å². The highest BCUT2D eigenvalue weighted by Gasteiger charge is 2.01. The van der Waals surface area contributed by atoms with E-state index in [4.69, 9.17) is 0 Å². The third-order valence-electron chi connectivity index (χ3n) is 1.66. The number of nitrogens with zero attached hydrogens (tertiary/aromatic N) is 2. The summed E-state index contributed by atoms with van der Waals surface area (Å²) in [5.74, 6) is 0. The van der Waals surface area contributed by atoms with Crippen molar-refractivity contribution in [2.75, 3.05) is 20.6 Å². The monoisotopic (exact) mass is 198 g/mol. The van der Waals surface area contributed by atoms with Crippen molar-refractivity contribution in [3.8, 4) is 0 Å². The average molecular weight is 198 g/mol. The zero-order chi connectivity index (χ0) is 9.68. The molecule has 72 valence electrons. The number of carbonyl (C=O) groups excluding carboxylic acids is 1. The minimum atomic E-state index is 0.500. The SMILES string of the molecule is CN(C)CCc1ncc(CC=O)s1. The lowest BCUT2D eigenvalue weighted by molar-refractivity contribution is -0.107. The first-order valence-electron chi connectivity index (χ1n) is 4.24. The fraction of sp³-hybridized carbons (Fsp3) is 0.556. The van der Waals surface area contributed by atoms with Gasteiger partial charge in [-0.3, -0.25) is 0 Å². The van der Waals surface area contributed by atoms with E-state index in [1.54, 1.807) is 17.5 Å². The van der Waals surface area contributed by atoms with Gasteiger partial charge in [0.25, 0.3) is 0 Å². The molecule has 1 aromatic heterocycles. The minimum absolute atomic E-state index is 0.500. The molecule has 4 heteroatoms. The Balaban J connectivity index is 2.44. The van der Waals surface area contributed by atoms with Crippen LogP contribution in [0.4, 0.5) is 0 Å². The van der Waals surface area contributed by atoms with Gasteiger partial charge in [-0.2, -0.15) is 0 Å². The van der Waals surface area contributed by atoms with E-state index in [1.807, 2.05) is 14.1 Å². The summed E-state index contributed by atoms with van der Waals surface area (Å²) in [4.78, 5) is 17.6.